The highest BCUT2D eigenvalue weighted by Crippen LogP contribution is 2.53. The molecular formula is C30H32O3. The molecule has 5 rings (SSSR count). The first kappa shape index (κ1) is 21.8. The zero-order chi connectivity index (χ0) is 23.2. The molecule has 0 unspecified atom stereocenters. The summed E-state index contributed by atoms with van der Waals surface area (Å²) >= 11 is 0. The van der Waals surface area contributed by atoms with Gasteiger partial charge in [-0.1, -0.05) is 55.3 Å². The predicted octanol–water partition coefficient (Wildman–Crippen LogP) is 7.62. The molecule has 1 aliphatic heterocycles. The van der Waals surface area contributed by atoms with Gasteiger partial charge in [0.15, 0.2) is 0 Å². The maximum atomic E-state index is 13.3. The van der Waals surface area contributed by atoms with Gasteiger partial charge >= 0.3 is 5.97 Å². The molecule has 3 heteroatoms. The third-order valence-electron chi connectivity index (χ3n) is 7.24. The van der Waals surface area contributed by atoms with Crippen molar-refractivity contribution in [2.24, 2.45) is 5.92 Å². The Kier molecular flexibility index (Phi) is 5.52. The van der Waals surface area contributed by atoms with Crippen LogP contribution in [0.3, 0.4) is 0 Å². The van der Waals surface area contributed by atoms with Gasteiger partial charge in [-0.3, -0.25) is 0 Å². The van der Waals surface area contributed by atoms with Gasteiger partial charge in [0.05, 0.1) is 5.56 Å². The quantitative estimate of drug-likeness (QED) is 0.238. The van der Waals surface area contributed by atoms with Crippen molar-refractivity contribution in [3.05, 3.63) is 82.9 Å². The molecule has 0 saturated carbocycles. The molecule has 1 heterocycles. The highest BCUT2D eigenvalue weighted by Gasteiger charge is 2.45. The molecule has 0 radical (unpaired) electrons. The van der Waals surface area contributed by atoms with E-state index in [0.29, 0.717) is 17.2 Å². The molecule has 0 amide bonds. The van der Waals surface area contributed by atoms with Crippen molar-refractivity contribution in [2.45, 2.75) is 64.9 Å². The van der Waals surface area contributed by atoms with Gasteiger partial charge in [0, 0.05) is 17.4 Å². The molecule has 0 saturated heterocycles. The van der Waals surface area contributed by atoms with E-state index in [4.69, 9.17) is 9.47 Å². The largest absolute Gasteiger partial charge is 0.487 e. The fourth-order valence-electron chi connectivity index (χ4n) is 5.55. The van der Waals surface area contributed by atoms with E-state index in [1.165, 1.54) is 5.57 Å². The summed E-state index contributed by atoms with van der Waals surface area (Å²) in [7, 11) is 0. The summed E-state index contributed by atoms with van der Waals surface area (Å²) in [6.07, 6.45) is 6.47. The van der Waals surface area contributed by atoms with Crippen molar-refractivity contribution >= 4 is 16.7 Å². The van der Waals surface area contributed by atoms with E-state index < -0.39 is 0 Å². The summed E-state index contributed by atoms with van der Waals surface area (Å²) in [6, 6.07) is 18.0. The van der Waals surface area contributed by atoms with Crippen LogP contribution in [0.15, 0.2) is 66.2 Å². The Bertz CT molecular complexity index is 1250. The number of fused-ring (bicyclic) bond motifs is 4. The van der Waals surface area contributed by atoms with Crippen molar-refractivity contribution in [3.8, 4) is 11.5 Å². The summed E-state index contributed by atoms with van der Waals surface area (Å²) in [5.41, 5.74) is 3.85. The van der Waals surface area contributed by atoms with Crippen LogP contribution in [0.5, 0.6) is 11.5 Å². The fourth-order valence-corrected chi connectivity index (χ4v) is 5.55. The van der Waals surface area contributed by atoms with Crippen LogP contribution in [0.25, 0.3) is 10.8 Å². The van der Waals surface area contributed by atoms with Crippen LogP contribution in [0.1, 0.15) is 74.4 Å². The molecule has 0 bridgehead atoms. The zero-order valence-corrected chi connectivity index (χ0v) is 20.0. The first-order chi connectivity index (χ1) is 15.9. The smallest absolute Gasteiger partial charge is 0.343 e. The highest BCUT2D eigenvalue weighted by molar-refractivity contribution is 5.96. The van der Waals surface area contributed by atoms with Crippen molar-refractivity contribution < 1.29 is 14.3 Å². The molecule has 0 spiro atoms. The average Bonchev–Trinajstić information content (AvgIpc) is 2.78. The number of hydrogen-bond acceptors (Lipinski definition) is 3. The van der Waals surface area contributed by atoms with E-state index in [1.54, 1.807) is 0 Å². The van der Waals surface area contributed by atoms with Gasteiger partial charge in [0.1, 0.15) is 17.1 Å². The van der Waals surface area contributed by atoms with Crippen LogP contribution in [-0.4, -0.2) is 11.6 Å². The first-order valence-electron chi connectivity index (χ1n) is 12.1. The third kappa shape index (κ3) is 4.06. The van der Waals surface area contributed by atoms with Gasteiger partial charge in [-0.05, 0) is 80.6 Å². The van der Waals surface area contributed by atoms with Gasteiger partial charge < -0.3 is 9.47 Å². The lowest BCUT2D eigenvalue weighted by Gasteiger charge is -2.46. The topological polar surface area (TPSA) is 35.5 Å². The predicted molar refractivity (Wildman–Crippen MR) is 133 cm³/mol. The number of carbonyl (C=O) groups is 1. The van der Waals surface area contributed by atoms with Crippen LogP contribution in [-0.2, 0) is 6.42 Å². The first-order valence-corrected chi connectivity index (χ1v) is 12.1. The fraction of sp³-hybridized carbons (Fsp3) is 0.367. The molecule has 3 aromatic rings. The van der Waals surface area contributed by atoms with Gasteiger partial charge in [-0.15, -0.1) is 0 Å². The Morgan fingerprint density at radius 1 is 1.09 bits per heavy atom. The van der Waals surface area contributed by atoms with E-state index in [1.807, 2.05) is 42.5 Å². The summed E-state index contributed by atoms with van der Waals surface area (Å²) in [5.74, 6) is 1.72. The Morgan fingerprint density at radius 2 is 1.88 bits per heavy atom. The number of aryl methyl sites for hydroxylation is 1. The lowest BCUT2D eigenvalue weighted by atomic mass is 9.68. The summed E-state index contributed by atoms with van der Waals surface area (Å²) in [4.78, 5) is 13.3. The lowest BCUT2D eigenvalue weighted by Crippen LogP contribution is -2.45. The summed E-state index contributed by atoms with van der Waals surface area (Å²) in [6.45, 7) is 8.74. The molecule has 2 aliphatic rings. The Balaban J connectivity index is 1.58. The SMILES string of the molecule is CCCc1cc(OC(=O)c2ccc3ccccc3c2)c2c(c1)OC(C)(C)[C@@H]1CCC(C)=C[C@@H]21. The van der Waals surface area contributed by atoms with Gasteiger partial charge in [-0.2, -0.15) is 0 Å². The van der Waals surface area contributed by atoms with E-state index in [2.05, 4.69) is 45.9 Å². The number of allylic oxidation sites excluding steroid dienone is 2. The molecule has 170 valence electrons. The lowest BCUT2D eigenvalue weighted by molar-refractivity contribution is 0.0106. The minimum atomic E-state index is -0.325. The highest BCUT2D eigenvalue weighted by atomic mass is 16.5. The van der Waals surface area contributed by atoms with Crippen molar-refractivity contribution in [3.63, 3.8) is 0 Å². The standard InChI is InChI=1S/C30H32O3/c1-5-8-20-16-26(32-29(31)23-13-12-21-9-6-7-10-22(21)18-23)28-24-15-19(2)11-14-25(24)30(3,4)33-27(28)17-20/h6-7,9-10,12-13,15-18,24-25H,5,8,11,14H2,1-4H3/t24-,25-/m1/s1. The molecule has 3 aromatic carbocycles. The van der Waals surface area contributed by atoms with E-state index >= 15 is 0 Å². The third-order valence-corrected chi connectivity index (χ3v) is 7.24. The minimum absolute atomic E-state index is 0.188. The number of benzene rings is 3. The van der Waals surface area contributed by atoms with Gasteiger partial charge in [0.25, 0.3) is 0 Å². The molecular weight excluding hydrogens is 408 g/mol. The molecule has 1 aliphatic carbocycles. The van der Waals surface area contributed by atoms with Crippen LogP contribution in [0.4, 0.5) is 0 Å². The molecule has 2 atom stereocenters. The molecule has 0 aromatic heterocycles. The molecule has 0 N–H and O–H groups in total. The van der Waals surface area contributed by atoms with Crippen LogP contribution >= 0.6 is 0 Å². The number of rotatable bonds is 4. The van der Waals surface area contributed by atoms with Gasteiger partial charge in [0.2, 0.25) is 0 Å². The number of esters is 1. The second-order valence-corrected chi connectivity index (χ2v) is 10.1. The van der Waals surface area contributed by atoms with Crippen molar-refractivity contribution in [1.82, 2.24) is 0 Å². The second kappa shape index (κ2) is 8.37. The summed E-state index contributed by atoms with van der Waals surface area (Å²) < 4.78 is 12.7. The number of hydrogen-bond donors (Lipinski definition) is 0. The normalized spacial score (nSPS) is 20.9. The maximum absolute atomic E-state index is 13.3. The molecule has 0 fully saturated rings. The summed E-state index contributed by atoms with van der Waals surface area (Å²) in [5, 5.41) is 2.14. The van der Waals surface area contributed by atoms with Crippen molar-refractivity contribution in [2.75, 3.05) is 0 Å². The number of ether oxygens (including phenoxy) is 2. The minimum Gasteiger partial charge on any atom is -0.487 e. The monoisotopic (exact) mass is 440 g/mol. The van der Waals surface area contributed by atoms with Crippen molar-refractivity contribution in [1.29, 1.82) is 0 Å². The van der Waals surface area contributed by atoms with E-state index in [-0.39, 0.29) is 17.5 Å². The molecule has 3 nitrogen and oxygen atoms in total. The zero-order valence-electron chi connectivity index (χ0n) is 20.0. The average molecular weight is 441 g/mol. The van der Waals surface area contributed by atoms with Crippen LogP contribution in [0.2, 0.25) is 0 Å². The second-order valence-electron chi connectivity index (χ2n) is 10.1. The van der Waals surface area contributed by atoms with Crippen LogP contribution < -0.4 is 9.47 Å². The van der Waals surface area contributed by atoms with Crippen LogP contribution in [0, 0.1) is 5.92 Å². The maximum Gasteiger partial charge on any atom is 0.343 e. The molecule has 33 heavy (non-hydrogen) atoms. The van der Waals surface area contributed by atoms with E-state index in [9.17, 15) is 4.79 Å². The Hall–Kier alpha value is -3.07. The van der Waals surface area contributed by atoms with E-state index in [0.717, 1.165) is 53.3 Å². The van der Waals surface area contributed by atoms with Gasteiger partial charge in [-0.25, -0.2) is 4.79 Å². The Labute approximate surface area is 196 Å². The Morgan fingerprint density at radius 3 is 2.67 bits per heavy atom. The number of carbonyl (C=O) groups excluding carboxylic acids is 1.